The Kier molecular flexibility index (Phi) is 66.2. The summed E-state index contributed by atoms with van der Waals surface area (Å²) in [5.74, 6) is -0.892. The maximum atomic E-state index is 13.0. The van der Waals surface area contributed by atoms with Gasteiger partial charge in [0.2, 0.25) is 0 Å². The summed E-state index contributed by atoms with van der Waals surface area (Å²) in [5.41, 5.74) is 0. The van der Waals surface area contributed by atoms with Crippen LogP contribution in [-0.4, -0.2) is 37.2 Å². The summed E-state index contributed by atoms with van der Waals surface area (Å²) in [6.45, 7) is 6.55. The number of ether oxygens (including phenoxy) is 3. The zero-order chi connectivity index (χ0) is 58.5. The van der Waals surface area contributed by atoms with Crippen molar-refractivity contribution in [3.8, 4) is 0 Å². The van der Waals surface area contributed by atoms with Gasteiger partial charge in [-0.1, -0.05) is 324 Å². The predicted molar refractivity (Wildman–Crippen MR) is 353 cm³/mol. The highest BCUT2D eigenvalue weighted by molar-refractivity contribution is 5.71. The Bertz CT molecular complexity index is 1530. The molecule has 0 amide bonds. The molecule has 0 aromatic carbocycles. The zero-order valence-corrected chi connectivity index (χ0v) is 53.8. The van der Waals surface area contributed by atoms with E-state index in [2.05, 4.69) is 106 Å². The lowest BCUT2D eigenvalue weighted by Gasteiger charge is -2.18. The highest BCUT2D eigenvalue weighted by atomic mass is 16.6. The van der Waals surface area contributed by atoms with E-state index in [9.17, 15) is 14.4 Å². The second-order valence-electron chi connectivity index (χ2n) is 23.4. The van der Waals surface area contributed by atoms with E-state index in [4.69, 9.17) is 14.2 Å². The minimum absolute atomic E-state index is 0.0838. The van der Waals surface area contributed by atoms with Crippen molar-refractivity contribution < 1.29 is 28.6 Å². The fourth-order valence-corrected chi connectivity index (χ4v) is 10.2. The molecule has 0 N–H and O–H groups in total. The van der Waals surface area contributed by atoms with Gasteiger partial charge in [0.05, 0.1) is 0 Å². The summed E-state index contributed by atoms with van der Waals surface area (Å²) in [5, 5.41) is 0. The SMILES string of the molecule is CC/C=C\C/C=C\C/C=C\C/C=C\CCCCCCC(=O)OCC(COC(=O)CCCCCCCCCCCC/C=C\C/C=C\C/C=C\CCCCCCC)OC(=O)CCCCCCCCCCCCCCCCCCCCCCC. The molecule has 0 saturated heterocycles. The van der Waals surface area contributed by atoms with E-state index < -0.39 is 6.10 Å². The molecule has 0 aliphatic rings. The molecule has 6 nitrogen and oxygen atoms in total. The fraction of sp³-hybridized carbons (Fsp3) is 0.773. The van der Waals surface area contributed by atoms with E-state index >= 15 is 0 Å². The molecule has 0 radical (unpaired) electrons. The van der Waals surface area contributed by atoms with E-state index in [1.807, 2.05) is 0 Å². The molecule has 0 aromatic rings. The van der Waals surface area contributed by atoms with E-state index in [0.29, 0.717) is 19.3 Å². The van der Waals surface area contributed by atoms with E-state index in [1.54, 1.807) is 0 Å². The molecule has 6 heteroatoms. The number of hydrogen-bond donors (Lipinski definition) is 0. The highest BCUT2D eigenvalue weighted by Crippen LogP contribution is 2.18. The molecule has 0 spiro atoms. The Balaban J connectivity index is 4.36. The molecule has 1 unspecified atom stereocenters. The second kappa shape index (κ2) is 69.1. The first-order chi connectivity index (χ1) is 40.0. The molecule has 0 fully saturated rings. The van der Waals surface area contributed by atoms with Gasteiger partial charge < -0.3 is 14.2 Å². The smallest absolute Gasteiger partial charge is 0.306 e. The van der Waals surface area contributed by atoms with Gasteiger partial charge in [0.15, 0.2) is 6.10 Å². The van der Waals surface area contributed by atoms with Crippen LogP contribution >= 0.6 is 0 Å². The van der Waals surface area contributed by atoms with Crippen LogP contribution in [0.3, 0.4) is 0 Å². The number of carbonyl (C=O) groups is 3. The van der Waals surface area contributed by atoms with E-state index in [0.717, 1.165) is 109 Å². The quantitative estimate of drug-likeness (QED) is 0.0261. The number of rotatable bonds is 64. The molecule has 0 rings (SSSR count). The summed E-state index contributed by atoms with van der Waals surface area (Å²) in [7, 11) is 0. The van der Waals surface area contributed by atoms with Crippen LogP contribution in [0.4, 0.5) is 0 Å². The molecule has 468 valence electrons. The Morgan fingerprint density at radius 2 is 0.481 bits per heavy atom. The van der Waals surface area contributed by atoms with Crippen molar-refractivity contribution in [3.63, 3.8) is 0 Å². The Labute approximate surface area is 503 Å². The number of carbonyl (C=O) groups excluding carboxylic acids is 3. The van der Waals surface area contributed by atoms with Gasteiger partial charge in [-0.3, -0.25) is 14.4 Å². The van der Waals surface area contributed by atoms with Gasteiger partial charge in [0.25, 0.3) is 0 Å². The van der Waals surface area contributed by atoms with Crippen molar-refractivity contribution >= 4 is 17.9 Å². The number of unbranched alkanes of at least 4 members (excludes halogenated alkanes) is 39. The first kappa shape index (κ1) is 77.6. The van der Waals surface area contributed by atoms with Crippen LogP contribution < -0.4 is 0 Å². The van der Waals surface area contributed by atoms with Crippen molar-refractivity contribution in [2.45, 2.75) is 361 Å². The Morgan fingerprint density at radius 3 is 0.753 bits per heavy atom. The molecule has 1 atom stereocenters. The molecule has 0 aromatic heterocycles. The molecule has 0 aliphatic heterocycles. The van der Waals surface area contributed by atoms with Crippen molar-refractivity contribution in [2.75, 3.05) is 13.2 Å². The predicted octanol–water partition coefficient (Wildman–Crippen LogP) is 24.2. The third-order valence-corrected chi connectivity index (χ3v) is 15.4. The van der Waals surface area contributed by atoms with Crippen LogP contribution in [0.15, 0.2) is 85.1 Å². The topological polar surface area (TPSA) is 78.9 Å². The Hall–Kier alpha value is -3.41. The molecule has 0 bridgehead atoms. The van der Waals surface area contributed by atoms with Crippen molar-refractivity contribution in [1.29, 1.82) is 0 Å². The van der Waals surface area contributed by atoms with Gasteiger partial charge in [-0.2, -0.15) is 0 Å². The Morgan fingerprint density at radius 1 is 0.259 bits per heavy atom. The number of hydrogen-bond acceptors (Lipinski definition) is 6. The van der Waals surface area contributed by atoms with Gasteiger partial charge in [0, 0.05) is 19.3 Å². The summed E-state index contributed by atoms with van der Waals surface area (Å²) >= 11 is 0. The van der Waals surface area contributed by atoms with Gasteiger partial charge >= 0.3 is 17.9 Å². The first-order valence-electron chi connectivity index (χ1n) is 35.1. The van der Waals surface area contributed by atoms with Gasteiger partial charge in [-0.05, 0) is 96.3 Å². The number of esters is 3. The zero-order valence-electron chi connectivity index (χ0n) is 53.8. The standard InChI is InChI=1S/C75H132O6/c1-4-7-10-13-16-19-22-25-28-31-33-35-36-37-38-40-41-44-47-50-53-56-59-62-65-68-74(77)80-71-72(70-79-73(76)67-64-61-58-55-52-49-46-43-30-27-24-21-18-15-12-9-6-3)81-75(78)69-66-63-60-57-54-51-48-45-42-39-34-32-29-26-23-20-17-14-11-8-5-2/h9,12,18,21-22,25,27,30-31,33,36-37,46,49,72H,4-8,10-11,13-17,19-20,23-24,26,28-29,32,34-35,38-45,47-48,50-71H2,1-3H3/b12-9-,21-18-,25-22-,30-27-,33-31-,37-36-,49-46-. The summed E-state index contributed by atoms with van der Waals surface area (Å²) in [6, 6.07) is 0. The first-order valence-corrected chi connectivity index (χ1v) is 35.1. The number of allylic oxidation sites excluding steroid dienone is 14. The van der Waals surface area contributed by atoms with E-state index in [-0.39, 0.29) is 31.1 Å². The summed E-state index contributed by atoms with van der Waals surface area (Å²) in [6.07, 6.45) is 91.7. The van der Waals surface area contributed by atoms with Crippen LogP contribution in [0.1, 0.15) is 355 Å². The third-order valence-electron chi connectivity index (χ3n) is 15.4. The molecule has 0 saturated carbocycles. The molecule has 81 heavy (non-hydrogen) atoms. The van der Waals surface area contributed by atoms with Gasteiger partial charge in [-0.15, -0.1) is 0 Å². The van der Waals surface area contributed by atoms with Gasteiger partial charge in [0.1, 0.15) is 13.2 Å². The molecule has 0 heterocycles. The van der Waals surface area contributed by atoms with E-state index in [1.165, 1.54) is 205 Å². The molecular weight excluding hydrogens is 997 g/mol. The summed E-state index contributed by atoms with van der Waals surface area (Å²) < 4.78 is 17.0. The van der Waals surface area contributed by atoms with Crippen molar-refractivity contribution in [3.05, 3.63) is 85.1 Å². The third kappa shape index (κ3) is 67.3. The maximum absolute atomic E-state index is 13.0. The lowest BCUT2D eigenvalue weighted by molar-refractivity contribution is -0.167. The minimum Gasteiger partial charge on any atom is -0.462 e. The van der Waals surface area contributed by atoms with Crippen LogP contribution in [0.25, 0.3) is 0 Å². The molecule has 0 aliphatic carbocycles. The average Bonchev–Trinajstić information content (AvgIpc) is 3.47. The van der Waals surface area contributed by atoms with Gasteiger partial charge in [-0.25, -0.2) is 0 Å². The lowest BCUT2D eigenvalue weighted by atomic mass is 10.0. The average molecular weight is 1130 g/mol. The summed E-state index contributed by atoms with van der Waals surface area (Å²) in [4.78, 5) is 38.5. The van der Waals surface area contributed by atoms with Crippen molar-refractivity contribution in [1.82, 2.24) is 0 Å². The van der Waals surface area contributed by atoms with Crippen LogP contribution in [0.5, 0.6) is 0 Å². The van der Waals surface area contributed by atoms with Crippen LogP contribution in [0.2, 0.25) is 0 Å². The fourth-order valence-electron chi connectivity index (χ4n) is 10.2. The highest BCUT2D eigenvalue weighted by Gasteiger charge is 2.19. The minimum atomic E-state index is -0.789. The monoisotopic (exact) mass is 1130 g/mol. The van der Waals surface area contributed by atoms with Crippen LogP contribution in [0, 0.1) is 0 Å². The second-order valence-corrected chi connectivity index (χ2v) is 23.4. The normalized spacial score (nSPS) is 12.6. The lowest BCUT2D eigenvalue weighted by Crippen LogP contribution is -2.30. The van der Waals surface area contributed by atoms with Crippen molar-refractivity contribution in [2.24, 2.45) is 0 Å². The molecular formula is C75H132O6. The van der Waals surface area contributed by atoms with Crippen LogP contribution in [-0.2, 0) is 28.6 Å². The maximum Gasteiger partial charge on any atom is 0.306 e. The largest absolute Gasteiger partial charge is 0.462 e.